The number of hydrogen-bond acceptors (Lipinski definition) is 2. The van der Waals surface area contributed by atoms with Gasteiger partial charge in [0, 0.05) is 0 Å². The van der Waals surface area contributed by atoms with Gasteiger partial charge in [0.1, 0.15) is 7.85 Å². The second-order valence-corrected chi connectivity index (χ2v) is 4.42. The molecule has 1 aliphatic rings. The smallest absolute Gasteiger partial charge is 0.231 e. The van der Waals surface area contributed by atoms with Crippen LogP contribution in [0.25, 0.3) is 5.57 Å². The Bertz CT molecular complexity index is 620. The summed E-state index contributed by atoms with van der Waals surface area (Å²) in [6, 6.07) is 14.2. The molecule has 1 heterocycles. The van der Waals surface area contributed by atoms with E-state index in [0.29, 0.717) is 6.79 Å². The molecule has 0 radical (unpaired) electrons. The number of hydrogen-bond donors (Lipinski definition) is 0. The van der Waals surface area contributed by atoms with Crippen molar-refractivity contribution >= 4 is 18.9 Å². The maximum Gasteiger partial charge on any atom is 0.231 e. The van der Waals surface area contributed by atoms with Crippen molar-refractivity contribution in [3.8, 4) is 11.5 Å². The molecule has 3 heteroatoms. The van der Waals surface area contributed by atoms with Crippen LogP contribution in [0.1, 0.15) is 11.1 Å². The fourth-order valence-corrected chi connectivity index (χ4v) is 2.08. The van der Waals surface area contributed by atoms with E-state index in [-0.39, 0.29) is 0 Å². The van der Waals surface area contributed by atoms with Gasteiger partial charge in [-0.1, -0.05) is 42.4 Å². The molecule has 0 saturated heterocycles. The molecule has 1 aliphatic heterocycles. The number of ether oxygens (including phenoxy) is 2. The highest BCUT2D eigenvalue weighted by atomic mass is 16.7. The first-order valence-corrected chi connectivity index (χ1v) is 5.90. The lowest BCUT2D eigenvalue weighted by Gasteiger charge is -2.08. The highest BCUT2D eigenvalue weighted by Crippen LogP contribution is 2.35. The second kappa shape index (κ2) is 4.26. The second-order valence-electron chi connectivity index (χ2n) is 4.42. The van der Waals surface area contributed by atoms with Gasteiger partial charge in [0.15, 0.2) is 11.5 Å². The third-order valence-corrected chi connectivity index (χ3v) is 3.09. The van der Waals surface area contributed by atoms with E-state index < -0.39 is 0 Å². The minimum Gasteiger partial charge on any atom is -0.454 e. The molecule has 0 aromatic heterocycles. The van der Waals surface area contributed by atoms with Gasteiger partial charge < -0.3 is 9.47 Å². The van der Waals surface area contributed by atoms with Crippen molar-refractivity contribution in [2.45, 2.75) is 0 Å². The van der Waals surface area contributed by atoms with Gasteiger partial charge in [0.25, 0.3) is 0 Å². The summed E-state index contributed by atoms with van der Waals surface area (Å²) in [6.45, 7) is 4.47. The van der Waals surface area contributed by atoms with Crippen LogP contribution in [0.5, 0.6) is 11.5 Å². The first kappa shape index (κ1) is 11.0. The minimum absolute atomic E-state index is 0.301. The molecule has 0 aliphatic carbocycles. The quantitative estimate of drug-likeness (QED) is 0.739. The lowest BCUT2D eigenvalue weighted by molar-refractivity contribution is 0.174. The first-order chi connectivity index (χ1) is 8.74. The van der Waals surface area contributed by atoms with E-state index in [1.807, 2.05) is 24.3 Å². The normalized spacial score (nSPS) is 12.4. The number of rotatable bonds is 2. The van der Waals surface area contributed by atoms with Gasteiger partial charge >= 0.3 is 0 Å². The average Bonchev–Trinajstić information content (AvgIpc) is 2.85. The summed E-state index contributed by atoms with van der Waals surface area (Å²) in [6.07, 6.45) is 0. The summed E-state index contributed by atoms with van der Waals surface area (Å²) >= 11 is 0. The molecule has 0 amide bonds. The van der Waals surface area contributed by atoms with E-state index >= 15 is 0 Å². The van der Waals surface area contributed by atoms with Gasteiger partial charge in [-0.2, -0.15) is 0 Å². The fraction of sp³-hybridized carbons (Fsp3) is 0.0667. The van der Waals surface area contributed by atoms with Gasteiger partial charge in [-0.05, 0) is 28.8 Å². The van der Waals surface area contributed by atoms with Gasteiger partial charge in [-0.25, -0.2) is 0 Å². The van der Waals surface area contributed by atoms with Crippen molar-refractivity contribution in [1.29, 1.82) is 0 Å². The number of fused-ring (bicyclic) bond motifs is 1. The lowest BCUT2D eigenvalue weighted by atomic mass is 9.91. The van der Waals surface area contributed by atoms with Crippen LogP contribution < -0.4 is 14.9 Å². The Kier molecular flexibility index (Phi) is 2.60. The molecule has 0 saturated carbocycles. The minimum atomic E-state index is 0.301. The Morgan fingerprint density at radius 1 is 1.00 bits per heavy atom. The topological polar surface area (TPSA) is 18.5 Å². The SMILES string of the molecule is Bc1cccc(C(=C)c2ccc3c(c2)OCO3)c1. The zero-order valence-corrected chi connectivity index (χ0v) is 10.3. The van der Waals surface area contributed by atoms with Crippen molar-refractivity contribution in [1.82, 2.24) is 0 Å². The zero-order valence-electron chi connectivity index (χ0n) is 10.3. The predicted molar refractivity (Wildman–Crippen MR) is 75.3 cm³/mol. The summed E-state index contributed by atoms with van der Waals surface area (Å²) in [4.78, 5) is 0. The maximum atomic E-state index is 5.39. The third-order valence-electron chi connectivity index (χ3n) is 3.09. The lowest BCUT2D eigenvalue weighted by Crippen LogP contribution is -2.02. The van der Waals surface area contributed by atoms with Crippen LogP contribution in [0.2, 0.25) is 0 Å². The molecular weight excluding hydrogens is 223 g/mol. The van der Waals surface area contributed by atoms with Crippen LogP contribution in [0.15, 0.2) is 49.0 Å². The van der Waals surface area contributed by atoms with Gasteiger partial charge in [-0.15, -0.1) is 0 Å². The average molecular weight is 236 g/mol. The van der Waals surface area contributed by atoms with Crippen molar-refractivity contribution in [2.24, 2.45) is 0 Å². The van der Waals surface area contributed by atoms with E-state index in [0.717, 1.165) is 28.2 Å². The maximum absolute atomic E-state index is 5.39. The Morgan fingerprint density at radius 3 is 2.61 bits per heavy atom. The first-order valence-electron chi connectivity index (χ1n) is 5.90. The third kappa shape index (κ3) is 1.88. The van der Waals surface area contributed by atoms with E-state index in [1.165, 1.54) is 5.46 Å². The van der Waals surface area contributed by atoms with E-state index in [4.69, 9.17) is 9.47 Å². The van der Waals surface area contributed by atoms with Gasteiger partial charge in [0.05, 0.1) is 0 Å². The summed E-state index contributed by atoms with van der Waals surface area (Å²) in [7, 11) is 2.08. The molecule has 2 aromatic rings. The van der Waals surface area contributed by atoms with E-state index in [9.17, 15) is 0 Å². The molecule has 0 atom stereocenters. The van der Waals surface area contributed by atoms with Crippen LogP contribution in [-0.2, 0) is 0 Å². The summed E-state index contributed by atoms with van der Waals surface area (Å²) in [5, 5.41) is 0. The van der Waals surface area contributed by atoms with Crippen molar-refractivity contribution < 1.29 is 9.47 Å². The number of benzene rings is 2. The summed E-state index contributed by atoms with van der Waals surface area (Å²) in [5.74, 6) is 1.59. The molecule has 18 heavy (non-hydrogen) atoms. The standard InChI is InChI=1S/C15H13BO2/c1-10(11-3-2-4-13(16)7-11)12-5-6-14-15(8-12)18-9-17-14/h2-8H,1,9,16H2. The largest absolute Gasteiger partial charge is 0.454 e. The van der Waals surface area contributed by atoms with Gasteiger partial charge in [-0.3, -0.25) is 0 Å². The van der Waals surface area contributed by atoms with Crippen molar-refractivity contribution in [3.63, 3.8) is 0 Å². The predicted octanol–water partition coefficient (Wildman–Crippen LogP) is 1.74. The highest BCUT2D eigenvalue weighted by molar-refractivity contribution is 6.32. The highest BCUT2D eigenvalue weighted by Gasteiger charge is 2.14. The van der Waals surface area contributed by atoms with E-state index in [2.05, 4.69) is 32.6 Å². The molecule has 0 spiro atoms. The molecule has 0 N–H and O–H groups in total. The molecular formula is C15H13BO2. The van der Waals surface area contributed by atoms with Crippen molar-refractivity contribution in [2.75, 3.05) is 6.79 Å². The molecule has 0 fully saturated rings. The Hall–Kier alpha value is -2.16. The monoisotopic (exact) mass is 236 g/mol. The zero-order chi connectivity index (χ0) is 12.5. The fourth-order valence-electron chi connectivity index (χ4n) is 2.08. The Morgan fingerprint density at radius 2 is 1.78 bits per heavy atom. The molecule has 88 valence electrons. The van der Waals surface area contributed by atoms with Gasteiger partial charge in [0.2, 0.25) is 6.79 Å². The van der Waals surface area contributed by atoms with Crippen LogP contribution in [0, 0.1) is 0 Å². The van der Waals surface area contributed by atoms with Crippen LogP contribution in [-0.4, -0.2) is 14.6 Å². The molecule has 2 nitrogen and oxygen atoms in total. The summed E-state index contributed by atoms with van der Waals surface area (Å²) in [5.41, 5.74) is 4.42. The van der Waals surface area contributed by atoms with Crippen LogP contribution in [0.4, 0.5) is 0 Å². The molecule has 3 rings (SSSR count). The molecule has 2 aromatic carbocycles. The molecule has 0 unspecified atom stereocenters. The van der Waals surface area contributed by atoms with Crippen LogP contribution in [0.3, 0.4) is 0 Å². The molecule has 0 bridgehead atoms. The van der Waals surface area contributed by atoms with Crippen LogP contribution >= 0.6 is 0 Å². The Labute approximate surface area is 107 Å². The van der Waals surface area contributed by atoms with E-state index in [1.54, 1.807) is 0 Å². The summed E-state index contributed by atoms with van der Waals surface area (Å²) < 4.78 is 10.7. The Balaban J connectivity index is 1.98. The van der Waals surface area contributed by atoms with Crippen molar-refractivity contribution in [3.05, 3.63) is 60.2 Å².